The molecule has 3 N–H and O–H groups in total. The molecule has 0 saturated heterocycles. The predicted molar refractivity (Wildman–Crippen MR) is 132 cm³/mol. The van der Waals surface area contributed by atoms with Gasteiger partial charge >= 0.3 is 6.03 Å². The Labute approximate surface area is 199 Å². The molecule has 0 fully saturated rings. The molecule has 0 radical (unpaired) electrons. The summed E-state index contributed by atoms with van der Waals surface area (Å²) in [5.74, 6) is 0.147. The number of thiazole rings is 1. The van der Waals surface area contributed by atoms with Crippen molar-refractivity contribution in [1.82, 2.24) is 4.98 Å². The molecule has 2 amide bonds. The molecule has 1 aromatic heterocycles. The second-order valence-electron chi connectivity index (χ2n) is 7.33. The smallest absolute Gasteiger partial charge is 0.324 e. The summed E-state index contributed by atoms with van der Waals surface area (Å²) in [5, 5.41) is 8.82. The van der Waals surface area contributed by atoms with E-state index in [0.29, 0.717) is 22.1 Å². The van der Waals surface area contributed by atoms with Crippen LogP contribution in [0.25, 0.3) is 0 Å². The molecule has 0 unspecified atom stereocenters. The van der Waals surface area contributed by atoms with Crippen molar-refractivity contribution in [2.75, 3.05) is 23.1 Å². The van der Waals surface area contributed by atoms with Gasteiger partial charge in [-0.25, -0.2) is 14.2 Å². The first-order chi connectivity index (χ1) is 16.4. The zero-order chi connectivity index (χ0) is 24.1. The van der Waals surface area contributed by atoms with Gasteiger partial charge in [-0.1, -0.05) is 41.2 Å². The van der Waals surface area contributed by atoms with E-state index in [0.717, 1.165) is 22.6 Å². The quantitative estimate of drug-likeness (QED) is 0.276. The molecule has 0 bridgehead atoms. The van der Waals surface area contributed by atoms with E-state index in [-0.39, 0.29) is 16.5 Å². The third-order valence-corrected chi connectivity index (χ3v) is 5.79. The zero-order valence-electron chi connectivity index (χ0n) is 18.4. The number of methoxy groups -OCH3 is 1. The minimum Gasteiger partial charge on any atom is -0.497 e. The third-order valence-electron chi connectivity index (χ3n) is 4.82. The molecule has 0 aliphatic carbocycles. The molecule has 0 aliphatic heterocycles. The number of urea groups is 1. The molecule has 4 aromatic rings. The molecule has 172 valence electrons. The van der Waals surface area contributed by atoms with Crippen molar-refractivity contribution in [3.8, 4) is 5.75 Å². The summed E-state index contributed by atoms with van der Waals surface area (Å²) in [6.45, 7) is 1.94. The van der Waals surface area contributed by atoms with Gasteiger partial charge in [0.2, 0.25) is 5.78 Å². The maximum atomic E-state index is 13.2. The van der Waals surface area contributed by atoms with Crippen molar-refractivity contribution < 1.29 is 18.7 Å². The van der Waals surface area contributed by atoms with Gasteiger partial charge in [0.05, 0.1) is 7.11 Å². The van der Waals surface area contributed by atoms with Crippen LogP contribution in [0.1, 0.15) is 20.8 Å². The number of halogens is 1. The SMILES string of the molecule is COc1ccc(Nc2nc(NC(=O)Nc3ccc(F)cc3)c(C(=O)c3ccc(C)cc3)s2)cc1. The lowest BCUT2D eigenvalue weighted by molar-refractivity contribution is 0.104. The maximum absolute atomic E-state index is 13.2. The Kier molecular flexibility index (Phi) is 6.84. The fourth-order valence-corrected chi connectivity index (χ4v) is 3.95. The molecule has 0 saturated carbocycles. The van der Waals surface area contributed by atoms with E-state index in [1.54, 1.807) is 31.4 Å². The number of carbonyl (C=O) groups is 2. The number of aromatic nitrogens is 1. The van der Waals surface area contributed by atoms with Crippen LogP contribution in [0.15, 0.2) is 72.8 Å². The fourth-order valence-electron chi connectivity index (χ4n) is 3.05. The van der Waals surface area contributed by atoms with E-state index < -0.39 is 11.8 Å². The summed E-state index contributed by atoms with van der Waals surface area (Å²) >= 11 is 1.13. The van der Waals surface area contributed by atoms with Gasteiger partial charge in [-0.15, -0.1) is 0 Å². The highest BCUT2D eigenvalue weighted by Crippen LogP contribution is 2.32. The van der Waals surface area contributed by atoms with Crippen LogP contribution in [0.4, 0.5) is 31.5 Å². The maximum Gasteiger partial charge on any atom is 0.324 e. The molecule has 0 aliphatic rings. The second kappa shape index (κ2) is 10.1. The summed E-state index contributed by atoms with van der Waals surface area (Å²) in [5.41, 5.74) is 2.65. The first-order valence-corrected chi connectivity index (χ1v) is 11.1. The van der Waals surface area contributed by atoms with Gasteiger partial charge < -0.3 is 15.4 Å². The first-order valence-electron chi connectivity index (χ1n) is 10.3. The Bertz CT molecular complexity index is 1300. The number of ketones is 1. The van der Waals surface area contributed by atoms with Crippen molar-refractivity contribution in [1.29, 1.82) is 0 Å². The number of rotatable bonds is 7. The largest absolute Gasteiger partial charge is 0.497 e. The highest BCUT2D eigenvalue weighted by Gasteiger charge is 2.21. The monoisotopic (exact) mass is 476 g/mol. The minimum absolute atomic E-state index is 0.117. The number of aryl methyl sites for hydroxylation is 1. The van der Waals surface area contributed by atoms with Crippen LogP contribution in [0, 0.1) is 12.7 Å². The number of hydrogen-bond donors (Lipinski definition) is 3. The van der Waals surface area contributed by atoms with E-state index in [4.69, 9.17) is 4.74 Å². The van der Waals surface area contributed by atoms with Crippen molar-refractivity contribution in [3.05, 3.63) is 94.6 Å². The molecule has 0 spiro atoms. The van der Waals surface area contributed by atoms with Crippen LogP contribution in [-0.2, 0) is 0 Å². The van der Waals surface area contributed by atoms with E-state index in [1.165, 1.54) is 24.3 Å². The Hall–Kier alpha value is -4.24. The topological polar surface area (TPSA) is 92.3 Å². The van der Waals surface area contributed by atoms with Gasteiger partial charge in [-0.2, -0.15) is 0 Å². The van der Waals surface area contributed by atoms with Crippen molar-refractivity contribution >= 4 is 45.5 Å². The van der Waals surface area contributed by atoms with Gasteiger partial charge in [0.1, 0.15) is 16.4 Å². The van der Waals surface area contributed by atoms with Crippen LogP contribution < -0.4 is 20.7 Å². The van der Waals surface area contributed by atoms with Crippen LogP contribution in [0.5, 0.6) is 5.75 Å². The van der Waals surface area contributed by atoms with Gasteiger partial charge in [0, 0.05) is 16.9 Å². The summed E-state index contributed by atoms with van der Waals surface area (Å²) in [6, 6.07) is 19.1. The fraction of sp³-hybridized carbons (Fsp3) is 0.0800. The Morgan fingerprint density at radius 1 is 0.882 bits per heavy atom. The average molecular weight is 477 g/mol. The van der Waals surface area contributed by atoms with Crippen molar-refractivity contribution in [2.24, 2.45) is 0 Å². The van der Waals surface area contributed by atoms with Gasteiger partial charge in [0.25, 0.3) is 0 Å². The number of benzene rings is 3. The predicted octanol–water partition coefficient (Wildman–Crippen LogP) is 6.22. The molecule has 0 atom stereocenters. The van der Waals surface area contributed by atoms with Crippen LogP contribution in [-0.4, -0.2) is 23.9 Å². The number of hydrogen-bond acceptors (Lipinski definition) is 6. The highest BCUT2D eigenvalue weighted by atomic mass is 32.1. The Morgan fingerprint density at radius 3 is 2.18 bits per heavy atom. The van der Waals surface area contributed by atoms with E-state index in [9.17, 15) is 14.0 Å². The molecule has 7 nitrogen and oxygen atoms in total. The van der Waals surface area contributed by atoms with E-state index >= 15 is 0 Å². The normalized spacial score (nSPS) is 10.4. The Morgan fingerprint density at radius 2 is 1.53 bits per heavy atom. The van der Waals surface area contributed by atoms with Gasteiger partial charge in [0.15, 0.2) is 10.9 Å². The molecular formula is C25H21FN4O3S. The highest BCUT2D eigenvalue weighted by molar-refractivity contribution is 7.18. The van der Waals surface area contributed by atoms with Crippen LogP contribution in [0.3, 0.4) is 0 Å². The summed E-state index contributed by atoms with van der Waals surface area (Å²) in [7, 11) is 1.58. The number of anilines is 4. The molecular weight excluding hydrogens is 455 g/mol. The third kappa shape index (κ3) is 5.57. The summed E-state index contributed by atoms with van der Waals surface area (Å²) in [6.07, 6.45) is 0. The van der Waals surface area contributed by atoms with Gasteiger partial charge in [-0.05, 0) is 55.5 Å². The molecule has 4 rings (SSSR count). The van der Waals surface area contributed by atoms with Crippen molar-refractivity contribution in [3.63, 3.8) is 0 Å². The lowest BCUT2D eigenvalue weighted by Gasteiger charge is -2.07. The van der Waals surface area contributed by atoms with Crippen molar-refractivity contribution in [2.45, 2.75) is 6.92 Å². The van der Waals surface area contributed by atoms with Crippen LogP contribution in [0.2, 0.25) is 0 Å². The minimum atomic E-state index is -0.606. The van der Waals surface area contributed by atoms with Crippen LogP contribution >= 0.6 is 11.3 Å². The number of nitrogens with zero attached hydrogens (tertiary/aromatic N) is 1. The molecule has 9 heteroatoms. The lowest BCUT2D eigenvalue weighted by atomic mass is 10.1. The van der Waals surface area contributed by atoms with E-state index in [1.807, 2.05) is 31.2 Å². The second-order valence-corrected chi connectivity index (χ2v) is 8.33. The van der Waals surface area contributed by atoms with Gasteiger partial charge in [-0.3, -0.25) is 10.1 Å². The molecule has 3 aromatic carbocycles. The standard InChI is InChI=1S/C25H21FN4O3S/c1-15-3-5-16(6-4-15)21(31)22-23(29-24(32)27-18-9-7-17(26)8-10-18)30-25(34-22)28-19-11-13-20(33-2)14-12-19/h3-14H,1-2H3,(H,28,30)(H2,27,29,32). The summed E-state index contributed by atoms with van der Waals surface area (Å²) in [4.78, 5) is 30.5. The summed E-state index contributed by atoms with van der Waals surface area (Å²) < 4.78 is 18.3. The first kappa shape index (κ1) is 22.9. The number of nitrogens with one attached hydrogen (secondary N) is 3. The average Bonchev–Trinajstić information content (AvgIpc) is 3.22. The number of amides is 2. The molecule has 1 heterocycles. The molecule has 34 heavy (non-hydrogen) atoms. The zero-order valence-corrected chi connectivity index (χ0v) is 19.2. The number of ether oxygens (including phenoxy) is 1. The van der Waals surface area contributed by atoms with E-state index in [2.05, 4.69) is 20.9 Å². The Balaban J connectivity index is 1.60. The number of carbonyl (C=O) groups excluding carboxylic acids is 2. The lowest BCUT2D eigenvalue weighted by Crippen LogP contribution is -2.21.